The van der Waals surface area contributed by atoms with Crippen LogP contribution in [0.15, 0.2) is 54.6 Å². The maximum absolute atomic E-state index is 12.6. The largest absolute Gasteiger partial charge is 0.340 e. The highest BCUT2D eigenvalue weighted by atomic mass is 35.5. The molecule has 0 bridgehead atoms. The second kappa shape index (κ2) is 11.2. The van der Waals surface area contributed by atoms with Gasteiger partial charge < -0.3 is 4.90 Å². The van der Waals surface area contributed by atoms with Gasteiger partial charge in [0.15, 0.2) is 0 Å². The van der Waals surface area contributed by atoms with Crippen LogP contribution in [0.3, 0.4) is 0 Å². The van der Waals surface area contributed by atoms with Crippen LogP contribution in [-0.2, 0) is 17.8 Å². The molecule has 0 N–H and O–H groups in total. The van der Waals surface area contributed by atoms with E-state index >= 15 is 0 Å². The molecular weight excluding hydrogens is 424 g/mol. The molecule has 4 rings (SSSR count). The second-order valence-corrected chi connectivity index (χ2v) is 8.53. The van der Waals surface area contributed by atoms with Gasteiger partial charge in [-0.25, -0.2) is 0 Å². The predicted octanol–water partition coefficient (Wildman–Crippen LogP) is 3.55. The van der Waals surface area contributed by atoms with E-state index in [0.29, 0.717) is 17.3 Å². The highest BCUT2D eigenvalue weighted by Crippen LogP contribution is 2.17. The number of carbonyl (C=O) groups is 1. The Morgan fingerprint density at radius 2 is 1.59 bits per heavy atom. The van der Waals surface area contributed by atoms with E-state index in [2.05, 4.69) is 20.3 Å². The van der Waals surface area contributed by atoms with Crippen LogP contribution in [0.2, 0.25) is 5.02 Å². The van der Waals surface area contributed by atoms with Gasteiger partial charge >= 0.3 is 0 Å². The molecule has 0 atom stereocenters. The molecule has 0 saturated carbocycles. The summed E-state index contributed by atoms with van der Waals surface area (Å²) < 4.78 is 0. The fourth-order valence-corrected chi connectivity index (χ4v) is 4.15. The molecule has 2 aromatic carbocycles. The Labute approximate surface area is 194 Å². The number of hydrogen-bond donors (Lipinski definition) is 0. The van der Waals surface area contributed by atoms with E-state index in [1.165, 1.54) is 0 Å². The quantitative estimate of drug-likeness (QED) is 0.464. The number of piperazine rings is 1. The lowest BCUT2D eigenvalue weighted by Gasteiger charge is -2.34. The molecular formula is C24H29ClN6O. The highest BCUT2D eigenvalue weighted by molar-refractivity contribution is 6.31. The molecule has 168 valence electrons. The lowest BCUT2D eigenvalue weighted by molar-refractivity contribution is -0.132. The molecule has 2 heterocycles. The number of amides is 1. The van der Waals surface area contributed by atoms with E-state index in [9.17, 15) is 4.79 Å². The lowest BCUT2D eigenvalue weighted by atomic mass is 10.1. The Balaban J connectivity index is 1.11. The molecule has 1 fully saturated rings. The third-order valence-corrected chi connectivity index (χ3v) is 6.21. The first kappa shape index (κ1) is 22.4. The van der Waals surface area contributed by atoms with Gasteiger partial charge in [-0.2, -0.15) is 4.80 Å². The van der Waals surface area contributed by atoms with Crippen molar-refractivity contribution in [2.45, 2.75) is 32.2 Å². The molecule has 1 aliphatic rings. The average Bonchev–Trinajstić information content (AvgIpc) is 3.30. The maximum Gasteiger partial charge on any atom is 0.227 e. The third kappa shape index (κ3) is 6.14. The Bertz CT molecular complexity index is 1000. The van der Waals surface area contributed by atoms with Crippen LogP contribution >= 0.6 is 11.6 Å². The summed E-state index contributed by atoms with van der Waals surface area (Å²) in [4.78, 5) is 18.7. The van der Waals surface area contributed by atoms with Crippen LogP contribution in [-0.4, -0.2) is 68.6 Å². The fourth-order valence-electron chi connectivity index (χ4n) is 3.94. The number of tetrazole rings is 1. The number of aromatic nitrogens is 4. The summed E-state index contributed by atoms with van der Waals surface area (Å²) in [6, 6.07) is 17.5. The lowest BCUT2D eigenvalue weighted by Crippen LogP contribution is -2.49. The van der Waals surface area contributed by atoms with Gasteiger partial charge in [0.1, 0.15) is 0 Å². The summed E-state index contributed by atoms with van der Waals surface area (Å²) in [5.41, 5.74) is 1.89. The molecule has 0 aliphatic carbocycles. The van der Waals surface area contributed by atoms with Crippen molar-refractivity contribution in [3.8, 4) is 11.4 Å². The average molecular weight is 453 g/mol. The van der Waals surface area contributed by atoms with E-state index in [0.717, 1.165) is 69.7 Å². The summed E-state index contributed by atoms with van der Waals surface area (Å²) in [6.07, 6.45) is 3.66. The minimum atomic E-state index is 0.160. The number of unbranched alkanes of at least 4 members (excludes halogenated alkanes) is 2. The zero-order chi connectivity index (χ0) is 22.2. The molecule has 0 unspecified atom stereocenters. The van der Waals surface area contributed by atoms with E-state index in [1.807, 2.05) is 59.5 Å². The molecule has 1 aliphatic heterocycles. The minimum absolute atomic E-state index is 0.160. The van der Waals surface area contributed by atoms with Crippen molar-refractivity contribution in [2.24, 2.45) is 0 Å². The normalized spacial score (nSPS) is 14.6. The van der Waals surface area contributed by atoms with Crippen LogP contribution in [0.4, 0.5) is 0 Å². The Morgan fingerprint density at radius 1 is 0.875 bits per heavy atom. The number of nitrogens with zero attached hydrogens (tertiary/aromatic N) is 6. The minimum Gasteiger partial charge on any atom is -0.340 e. The summed E-state index contributed by atoms with van der Waals surface area (Å²) in [5, 5.41) is 13.4. The van der Waals surface area contributed by atoms with E-state index in [-0.39, 0.29) is 5.91 Å². The third-order valence-electron chi connectivity index (χ3n) is 5.84. The number of halogens is 1. The van der Waals surface area contributed by atoms with Gasteiger partial charge in [0.2, 0.25) is 11.7 Å². The number of carbonyl (C=O) groups excluding carboxylic acids is 1. The van der Waals surface area contributed by atoms with Gasteiger partial charge in [-0.15, -0.1) is 10.2 Å². The van der Waals surface area contributed by atoms with Gasteiger partial charge in [-0.3, -0.25) is 9.69 Å². The molecule has 0 radical (unpaired) electrons. The van der Waals surface area contributed by atoms with Crippen molar-refractivity contribution in [1.82, 2.24) is 30.0 Å². The summed E-state index contributed by atoms with van der Waals surface area (Å²) in [6.45, 7) is 5.28. The van der Waals surface area contributed by atoms with Crippen molar-refractivity contribution < 1.29 is 4.79 Å². The monoisotopic (exact) mass is 452 g/mol. The summed E-state index contributed by atoms with van der Waals surface area (Å²) >= 11 is 6.19. The molecule has 1 amide bonds. The Morgan fingerprint density at radius 3 is 2.38 bits per heavy atom. The van der Waals surface area contributed by atoms with Crippen molar-refractivity contribution in [3.05, 3.63) is 65.2 Å². The van der Waals surface area contributed by atoms with Crippen LogP contribution in [0.1, 0.15) is 24.8 Å². The first-order chi connectivity index (χ1) is 15.7. The smallest absolute Gasteiger partial charge is 0.227 e. The molecule has 1 saturated heterocycles. The maximum atomic E-state index is 12.6. The van der Waals surface area contributed by atoms with Crippen LogP contribution < -0.4 is 0 Å². The van der Waals surface area contributed by atoms with Crippen LogP contribution in [0.5, 0.6) is 0 Å². The fraction of sp³-hybridized carbons (Fsp3) is 0.417. The standard InChI is InChI=1S/C24H29ClN6O/c25-22-12-6-5-11-21(22)19-23(32)30-17-15-29(16-18-30)13-7-2-8-14-31-27-24(26-28-31)20-9-3-1-4-10-20/h1,3-6,9-12H,2,7-8,13-19H2. The van der Waals surface area contributed by atoms with Gasteiger partial charge in [-0.1, -0.05) is 66.6 Å². The number of hydrogen-bond acceptors (Lipinski definition) is 5. The number of aryl methyl sites for hydroxylation is 1. The number of benzene rings is 2. The first-order valence-corrected chi connectivity index (χ1v) is 11.6. The van der Waals surface area contributed by atoms with E-state index in [4.69, 9.17) is 11.6 Å². The van der Waals surface area contributed by atoms with Gasteiger partial charge in [-0.05, 0) is 36.2 Å². The van der Waals surface area contributed by atoms with Gasteiger partial charge in [0.25, 0.3) is 0 Å². The van der Waals surface area contributed by atoms with Gasteiger partial charge in [0, 0.05) is 36.8 Å². The Hall–Kier alpha value is -2.77. The van der Waals surface area contributed by atoms with Crippen molar-refractivity contribution >= 4 is 17.5 Å². The SMILES string of the molecule is O=C(Cc1ccccc1Cl)N1CCN(CCCCCn2nnc(-c3ccccc3)n2)CC1. The molecule has 3 aromatic rings. The van der Waals surface area contributed by atoms with E-state index < -0.39 is 0 Å². The predicted molar refractivity (Wildman–Crippen MR) is 125 cm³/mol. The van der Waals surface area contributed by atoms with E-state index in [1.54, 1.807) is 4.80 Å². The molecule has 1 aromatic heterocycles. The zero-order valence-corrected chi connectivity index (χ0v) is 19.0. The van der Waals surface area contributed by atoms with Gasteiger partial charge in [0.05, 0.1) is 13.0 Å². The second-order valence-electron chi connectivity index (χ2n) is 8.13. The molecule has 8 heteroatoms. The van der Waals surface area contributed by atoms with Crippen LogP contribution in [0, 0.1) is 0 Å². The first-order valence-electron chi connectivity index (χ1n) is 11.3. The number of rotatable bonds is 9. The van der Waals surface area contributed by atoms with Crippen molar-refractivity contribution in [2.75, 3.05) is 32.7 Å². The molecule has 0 spiro atoms. The topological polar surface area (TPSA) is 67.2 Å². The highest BCUT2D eigenvalue weighted by Gasteiger charge is 2.21. The van der Waals surface area contributed by atoms with Crippen molar-refractivity contribution in [3.63, 3.8) is 0 Å². The molecule has 7 nitrogen and oxygen atoms in total. The van der Waals surface area contributed by atoms with Crippen molar-refractivity contribution in [1.29, 1.82) is 0 Å². The Kier molecular flexibility index (Phi) is 7.85. The summed E-state index contributed by atoms with van der Waals surface area (Å²) in [5.74, 6) is 0.834. The van der Waals surface area contributed by atoms with Crippen LogP contribution in [0.25, 0.3) is 11.4 Å². The zero-order valence-electron chi connectivity index (χ0n) is 18.2. The summed E-state index contributed by atoms with van der Waals surface area (Å²) in [7, 11) is 0. The molecule has 32 heavy (non-hydrogen) atoms.